The molecule has 2 unspecified atom stereocenters. The summed E-state index contributed by atoms with van der Waals surface area (Å²) in [6.45, 7) is 9.60. The minimum atomic E-state index is -0.848. The number of piperidine rings is 1. The highest BCUT2D eigenvalue weighted by atomic mass is 16.5. The van der Waals surface area contributed by atoms with Gasteiger partial charge in [-0.2, -0.15) is 5.10 Å². The van der Waals surface area contributed by atoms with E-state index >= 15 is 0 Å². The SMILES string of the molecule is Cn1nc(C2CCC(=O)NC2=O)c2ccc(OCCCN3CCN(C(=O)O)C(C(C)(C)C)C3)cc21. The lowest BCUT2D eigenvalue weighted by molar-refractivity contribution is -0.134. The summed E-state index contributed by atoms with van der Waals surface area (Å²) < 4.78 is 7.75. The highest BCUT2D eigenvalue weighted by Crippen LogP contribution is 2.32. The molecule has 35 heavy (non-hydrogen) atoms. The van der Waals surface area contributed by atoms with Crippen molar-refractivity contribution in [2.75, 3.05) is 32.8 Å². The monoisotopic (exact) mass is 485 g/mol. The van der Waals surface area contributed by atoms with Crippen molar-refractivity contribution in [1.82, 2.24) is 24.9 Å². The highest BCUT2D eigenvalue weighted by molar-refractivity contribution is 6.02. The van der Waals surface area contributed by atoms with Gasteiger partial charge in [-0.15, -0.1) is 0 Å². The van der Waals surface area contributed by atoms with Crippen molar-refractivity contribution in [1.29, 1.82) is 0 Å². The number of carbonyl (C=O) groups is 3. The number of imide groups is 1. The van der Waals surface area contributed by atoms with Gasteiger partial charge in [-0.25, -0.2) is 4.79 Å². The molecule has 2 atom stereocenters. The molecule has 4 rings (SSSR count). The Hall–Kier alpha value is -3.14. The molecule has 0 spiro atoms. The quantitative estimate of drug-likeness (QED) is 0.477. The van der Waals surface area contributed by atoms with Crippen LogP contribution < -0.4 is 10.1 Å². The summed E-state index contributed by atoms with van der Waals surface area (Å²) in [6.07, 6.45) is 0.761. The Balaban J connectivity index is 1.34. The number of carbonyl (C=O) groups excluding carboxylic acids is 2. The van der Waals surface area contributed by atoms with Crippen LogP contribution in [0.4, 0.5) is 4.79 Å². The molecule has 0 radical (unpaired) electrons. The van der Waals surface area contributed by atoms with Crippen LogP contribution in [0.1, 0.15) is 51.6 Å². The number of ether oxygens (including phenoxy) is 1. The van der Waals surface area contributed by atoms with Gasteiger partial charge >= 0.3 is 6.09 Å². The maximum Gasteiger partial charge on any atom is 0.407 e. The highest BCUT2D eigenvalue weighted by Gasteiger charge is 2.37. The van der Waals surface area contributed by atoms with E-state index in [0.29, 0.717) is 31.7 Å². The molecule has 190 valence electrons. The predicted molar refractivity (Wildman–Crippen MR) is 130 cm³/mol. The van der Waals surface area contributed by atoms with E-state index < -0.39 is 12.0 Å². The van der Waals surface area contributed by atoms with E-state index in [0.717, 1.165) is 42.7 Å². The summed E-state index contributed by atoms with van der Waals surface area (Å²) >= 11 is 0. The van der Waals surface area contributed by atoms with Crippen molar-refractivity contribution >= 4 is 28.8 Å². The van der Waals surface area contributed by atoms with Gasteiger partial charge in [-0.3, -0.25) is 24.5 Å². The first-order valence-electron chi connectivity index (χ1n) is 12.2. The molecule has 2 fully saturated rings. The number of amides is 3. The fourth-order valence-corrected chi connectivity index (χ4v) is 5.06. The first-order chi connectivity index (χ1) is 16.5. The van der Waals surface area contributed by atoms with Crippen LogP contribution in [0.25, 0.3) is 10.9 Å². The van der Waals surface area contributed by atoms with Crippen molar-refractivity contribution in [3.05, 3.63) is 23.9 Å². The Kier molecular flexibility index (Phi) is 7.02. The number of nitrogens with one attached hydrogen (secondary N) is 1. The third-order valence-corrected chi connectivity index (χ3v) is 7.02. The van der Waals surface area contributed by atoms with E-state index in [-0.39, 0.29) is 23.3 Å². The lowest BCUT2D eigenvalue weighted by atomic mass is 9.84. The number of rotatable bonds is 6. The molecule has 1 aromatic carbocycles. The van der Waals surface area contributed by atoms with Crippen LogP contribution in [0.5, 0.6) is 5.75 Å². The zero-order valence-electron chi connectivity index (χ0n) is 20.9. The van der Waals surface area contributed by atoms with Crippen molar-refractivity contribution in [2.45, 2.75) is 52.0 Å². The van der Waals surface area contributed by atoms with Crippen LogP contribution in [-0.2, 0) is 16.6 Å². The molecule has 1 aromatic heterocycles. The van der Waals surface area contributed by atoms with Crippen LogP contribution in [0.15, 0.2) is 18.2 Å². The molecule has 2 aliphatic heterocycles. The van der Waals surface area contributed by atoms with Gasteiger partial charge in [0.1, 0.15) is 5.75 Å². The summed E-state index contributed by atoms with van der Waals surface area (Å²) in [6, 6.07) is 5.70. The van der Waals surface area contributed by atoms with Gasteiger partial charge in [0.2, 0.25) is 11.8 Å². The number of aryl methyl sites for hydroxylation is 1. The van der Waals surface area contributed by atoms with Crippen LogP contribution in [0, 0.1) is 5.41 Å². The van der Waals surface area contributed by atoms with E-state index in [2.05, 4.69) is 36.1 Å². The van der Waals surface area contributed by atoms with Crippen molar-refractivity contribution < 1.29 is 24.2 Å². The minimum absolute atomic E-state index is 0.0412. The van der Waals surface area contributed by atoms with Gasteiger partial charge in [0.05, 0.1) is 29.8 Å². The van der Waals surface area contributed by atoms with Crippen molar-refractivity contribution in [2.24, 2.45) is 12.5 Å². The number of fused-ring (bicyclic) bond motifs is 1. The predicted octanol–water partition coefficient (Wildman–Crippen LogP) is 2.57. The standard InChI is InChI=1S/C25H35N5O5/c1-25(2,3)20-15-29(11-12-30(20)24(33)34)10-5-13-35-16-6-7-17-19(14-16)28(4)27-22(17)18-8-9-21(31)26-23(18)32/h6-7,14,18,20H,5,8-13,15H2,1-4H3,(H,33,34)(H,26,31,32). The zero-order chi connectivity index (χ0) is 25.3. The molecule has 2 aliphatic rings. The van der Waals surface area contributed by atoms with Gasteiger partial charge in [0.25, 0.3) is 0 Å². The average molecular weight is 486 g/mol. The number of hydrogen-bond acceptors (Lipinski definition) is 6. The molecule has 3 heterocycles. The van der Waals surface area contributed by atoms with Crippen molar-refractivity contribution in [3.63, 3.8) is 0 Å². The third kappa shape index (κ3) is 5.42. The van der Waals surface area contributed by atoms with E-state index in [1.54, 1.807) is 9.58 Å². The molecule has 0 aliphatic carbocycles. The smallest absolute Gasteiger partial charge is 0.407 e. The molecule has 2 saturated heterocycles. The van der Waals surface area contributed by atoms with Gasteiger partial charge in [0.15, 0.2) is 0 Å². The number of nitrogens with zero attached hydrogens (tertiary/aromatic N) is 4. The summed E-state index contributed by atoms with van der Waals surface area (Å²) in [5.74, 6) is -0.223. The largest absolute Gasteiger partial charge is 0.493 e. The van der Waals surface area contributed by atoms with Crippen molar-refractivity contribution in [3.8, 4) is 5.75 Å². The summed E-state index contributed by atoms with van der Waals surface area (Å²) in [5.41, 5.74) is 1.44. The van der Waals surface area contributed by atoms with E-state index in [1.807, 2.05) is 25.2 Å². The molecule has 3 amide bonds. The summed E-state index contributed by atoms with van der Waals surface area (Å²) in [4.78, 5) is 39.3. The van der Waals surface area contributed by atoms with E-state index in [9.17, 15) is 19.5 Å². The number of piperazine rings is 1. The molecular formula is C25H35N5O5. The van der Waals surface area contributed by atoms with E-state index in [4.69, 9.17) is 4.74 Å². The second-order valence-corrected chi connectivity index (χ2v) is 10.6. The van der Waals surface area contributed by atoms with Crippen LogP contribution in [0.2, 0.25) is 0 Å². The lowest BCUT2D eigenvalue weighted by Gasteiger charge is -2.46. The number of carboxylic acid groups (broad SMARTS) is 1. The number of benzene rings is 1. The number of hydrogen-bond donors (Lipinski definition) is 2. The maximum absolute atomic E-state index is 12.3. The first-order valence-corrected chi connectivity index (χ1v) is 12.2. The third-order valence-electron chi connectivity index (χ3n) is 7.02. The van der Waals surface area contributed by atoms with Gasteiger partial charge in [0, 0.05) is 51.1 Å². The summed E-state index contributed by atoms with van der Waals surface area (Å²) in [7, 11) is 1.84. The van der Waals surface area contributed by atoms with E-state index in [1.165, 1.54) is 0 Å². The van der Waals surface area contributed by atoms with Gasteiger partial charge in [-0.05, 0) is 30.4 Å². The molecule has 0 saturated carbocycles. The van der Waals surface area contributed by atoms with Gasteiger partial charge < -0.3 is 14.7 Å². The maximum atomic E-state index is 12.3. The molecule has 2 aromatic rings. The van der Waals surface area contributed by atoms with Crippen LogP contribution in [-0.4, -0.2) is 81.4 Å². The normalized spacial score (nSPS) is 21.9. The summed E-state index contributed by atoms with van der Waals surface area (Å²) in [5, 5.41) is 17.4. The fourth-order valence-electron chi connectivity index (χ4n) is 5.06. The Labute approximate surface area is 205 Å². The molecule has 10 nitrogen and oxygen atoms in total. The topological polar surface area (TPSA) is 117 Å². The van der Waals surface area contributed by atoms with Gasteiger partial charge in [-0.1, -0.05) is 20.8 Å². The second-order valence-electron chi connectivity index (χ2n) is 10.6. The van der Waals surface area contributed by atoms with Crippen LogP contribution in [0.3, 0.4) is 0 Å². The number of aromatic nitrogens is 2. The first kappa shape index (κ1) is 25.0. The Morgan fingerprint density at radius 2 is 2.03 bits per heavy atom. The Morgan fingerprint density at radius 3 is 2.71 bits per heavy atom. The van der Waals surface area contributed by atoms with Crippen LogP contribution >= 0.6 is 0 Å². The fraction of sp³-hybridized carbons (Fsp3) is 0.600. The zero-order valence-corrected chi connectivity index (χ0v) is 20.9. The lowest BCUT2D eigenvalue weighted by Crippen LogP contribution is -2.59. The Bertz CT molecular complexity index is 1120. The molecule has 10 heteroatoms. The molecule has 2 N–H and O–H groups in total. The average Bonchev–Trinajstić information content (AvgIpc) is 3.11. The Morgan fingerprint density at radius 1 is 1.26 bits per heavy atom. The molecular weight excluding hydrogens is 450 g/mol. The minimum Gasteiger partial charge on any atom is -0.493 e. The molecule has 0 bridgehead atoms. The second kappa shape index (κ2) is 9.85.